The molecule has 1 aromatic heterocycles. The maximum absolute atomic E-state index is 5.45. The number of hydrogen-bond acceptors (Lipinski definition) is 5. The second-order valence-electron chi connectivity index (χ2n) is 4.20. The molecule has 8 heteroatoms. The van der Waals surface area contributed by atoms with Crippen LogP contribution in [0.15, 0.2) is 4.99 Å². The Morgan fingerprint density at radius 2 is 2.29 bits per heavy atom. The van der Waals surface area contributed by atoms with E-state index in [-0.39, 0.29) is 6.04 Å². The lowest BCUT2D eigenvalue weighted by molar-refractivity contribution is 0.627. The highest BCUT2D eigenvalue weighted by molar-refractivity contribution is 5.79. The van der Waals surface area contributed by atoms with Gasteiger partial charge < -0.3 is 5.32 Å². The Morgan fingerprint density at radius 3 is 2.88 bits per heavy atom. The highest BCUT2D eigenvalue weighted by Crippen LogP contribution is 2.20. The van der Waals surface area contributed by atoms with E-state index in [0.29, 0.717) is 17.8 Å². The number of rotatable bonds is 3. The van der Waals surface area contributed by atoms with Crippen LogP contribution in [0.4, 0.5) is 0 Å². The van der Waals surface area contributed by atoms with Crippen LogP contribution in [-0.2, 0) is 0 Å². The van der Waals surface area contributed by atoms with Crippen molar-refractivity contribution < 1.29 is 0 Å². The molecule has 1 aliphatic rings. The average molecular weight is 238 g/mol. The van der Waals surface area contributed by atoms with Gasteiger partial charge in [0.25, 0.3) is 0 Å². The van der Waals surface area contributed by atoms with E-state index in [4.69, 9.17) is 5.84 Å². The molecule has 1 atom stereocenters. The van der Waals surface area contributed by atoms with Crippen molar-refractivity contribution >= 4 is 5.96 Å². The van der Waals surface area contributed by atoms with Gasteiger partial charge >= 0.3 is 0 Å². The summed E-state index contributed by atoms with van der Waals surface area (Å²) in [7, 11) is 0. The zero-order valence-corrected chi connectivity index (χ0v) is 9.85. The Kier molecular flexibility index (Phi) is 3.86. The summed E-state index contributed by atoms with van der Waals surface area (Å²) in [6.45, 7) is 1.92. The molecule has 0 saturated heterocycles. The maximum atomic E-state index is 5.45. The average Bonchev–Trinajstić information content (AvgIpc) is 3.00. The van der Waals surface area contributed by atoms with Crippen LogP contribution in [0.5, 0.6) is 0 Å². The van der Waals surface area contributed by atoms with E-state index in [2.05, 4.69) is 36.4 Å². The van der Waals surface area contributed by atoms with Crippen LogP contribution in [0.3, 0.4) is 0 Å². The molecule has 8 nitrogen and oxygen atoms in total. The fourth-order valence-corrected chi connectivity index (χ4v) is 1.95. The lowest BCUT2D eigenvalue weighted by Gasteiger charge is -2.15. The smallest absolute Gasteiger partial charge is 0.206 e. The number of aromatic amines is 1. The maximum Gasteiger partial charge on any atom is 0.206 e. The minimum absolute atomic E-state index is 0.0926. The van der Waals surface area contributed by atoms with Crippen molar-refractivity contribution in [2.45, 2.75) is 44.7 Å². The number of H-pyrrole nitrogens is 1. The van der Waals surface area contributed by atoms with Gasteiger partial charge in [0.1, 0.15) is 0 Å². The first kappa shape index (κ1) is 11.8. The first-order valence-electron chi connectivity index (χ1n) is 5.84. The van der Waals surface area contributed by atoms with E-state index >= 15 is 0 Å². The topological polar surface area (TPSA) is 117 Å². The highest BCUT2D eigenvalue weighted by Gasteiger charge is 2.16. The van der Waals surface area contributed by atoms with Crippen molar-refractivity contribution in [2.24, 2.45) is 10.8 Å². The van der Waals surface area contributed by atoms with Crippen LogP contribution < -0.4 is 16.6 Å². The van der Waals surface area contributed by atoms with Crippen molar-refractivity contribution in [3.63, 3.8) is 0 Å². The molecule has 1 aromatic rings. The van der Waals surface area contributed by atoms with Gasteiger partial charge in [0, 0.05) is 0 Å². The Balaban J connectivity index is 1.94. The van der Waals surface area contributed by atoms with E-state index < -0.39 is 0 Å². The number of hydrogen-bond donors (Lipinski definition) is 4. The third kappa shape index (κ3) is 3.13. The number of tetrazole rings is 1. The molecule has 0 aromatic carbocycles. The predicted octanol–water partition coefficient (Wildman–Crippen LogP) is -0.388. The second kappa shape index (κ2) is 5.58. The zero-order chi connectivity index (χ0) is 12.1. The molecule has 5 N–H and O–H groups in total. The summed E-state index contributed by atoms with van der Waals surface area (Å²) in [6, 6.07) is 0.274. The van der Waals surface area contributed by atoms with Crippen molar-refractivity contribution in [1.82, 2.24) is 31.4 Å². The first-order chi connectivity index (χ1) is 8.29. The Morgan fingerprint density at radius 1 is 1.53 bits per heavy atom. The summed E-state index contributed by atoms with van der Waals surface area (Å²) in [5.74, 6) is 6.61. The SMILES string of the molecule is CC(NC(=NC1CCCC1)NN)c1nn[nH]n1. The normalized spacial score (nSPS) is 19.3. The van der Waals surface area contributed by atoms with Gasteiger partial charge in [-0.05, 0) is 19.8 Å². The standard InChI is InChI=1S/C9H18N8/c1-6(8-14-16-17-15-8)11-9(13-10)12-7-4-2-3-5-7/h6-7H,2-5,10H2,1H3,(H2,11,12,13)(H,14,15,16,17). The number of nitrogens with two attached hydrogens (primary N) is 1. The molecule has 1 saturated carbocycles. The van der Waals surface area contributed by atoms with Crippen LogP contribution in [-0.4, -0.2) is 32.6 Å². The van der Waals surface area contributed by atoms with Gasteiger partial charge in [-0.15, -0.1) is 10.2 Å². The van der Waals surface area contributed by atoms with Gasteiger partial charge in [-0.2, -0.15) is 5.21 Å². The van der Waals surface area contributed by atoms with Crippen LogP contribution >= 0.6 is 0 Å². The van der Waals surface area contributed by atoms with Crippen molar-refractivity contribution in [2.75, 3.05) is 0 Å². The van der Waals surface area contributed by atoms with Gasteiger partial charge in [-0.25, -0.2) is 10.8 Å². The molecule has 1 aliphatic carbocycles. The van der Waals surface area contributed by atoms with Crippen molar-refractivity contribution in [1.29, 1.82) is 0 Å². The summed E-state index contributed by atoms with van der Waals surface area (Å²) in [5.41, 5.74) is 2.57. The molecule has 1 unspecified atom stereocenters. The minimum atomic E-state index is -0.0926. The molecule has 0 spiro atoms. The quantitative estimate of drug-likeness (QED) is 0.247. The number of nitrogens with one attached hydrogen (secondary N) is 3. The van der Waals surface area contributed by atoms with Crippen LogP contribution in [0.2, 0.25) is 0 Å². The van der Waals surface area contributed by atoms with E-state index in [9.17, 15) is 0 Å². The zero-order valence-electron chi connectivity index (χ0n) is 9.85. The number of hydrazine groups is 1. The van der Waals surface area contributed by atoms with Crippen molar-refractivity contribution in [3.8, 4) is 0 Å². The monoisotopic (exact) mass is 238 g/mol. The Hall–Kier alpha value is -1.70. The minimum Gasteiger partial charge on any atom is -0.345 e. The first-order valence-corrected chi connectivity index (χ1v) is 5.84. The third-order valence-corrected chi connectivity index (χ3v) is 2.88. The van der Waals surface area contributed by atoms with Gasteiger partial charge in [0.2, 0.25) is 5.96 Å². The summed E-state index contributed by atoms with van der Waals surface area (Å²) >= 11 is 0. The fraction of sp³-hybridized carbons (Fsp3) is 0.778. The molecule has 2 rings (SSSR count). The van der Waals surface area contributed by atoms with Gasteiger partial charge in [0.05, 0.1) is 12.1 Å². The summed E-state index contributed by atoms with van der Waals surface area (Å²) < 4.78 is 0. The lowest BCUT2D eigenvalue weighted by atomic mass is 10.3. The molecule has 0 bridgehead atoms. The summed E-state index contributed by atoms with van der Waals surface area (Å²) in [5, 5.41) is 16.9. The van der Waals surface area contributed by atoms with Crippen molar-refractivity contribution in [3.05, 3.63) is 5.82 Å². The third-order valence-electron chi connectivity index (χ3n) is 2.88. The molecule has 0 amide bonds. The van der Waals surface area contributed by atoms with Crippen LogP contribution in [0, 0.1) is 0 Å². The number of guanidine groups is 1. The van der Waals surface area contributed by atoms with E-state index in [0.717, 1.165) is 12.8 Å². The molecular weight excluding hydrogens is 220 g/mol. The second-order valence-corrected chi connectivity index (χ2v) is 4.20. The molecule has 0 radical (unpaired) electrons. The summed E-state index contributed by atoms with van der Waals surface area (Å²) in [4.78, 5) is 4.53. The Bertz CT molecular complexity index is 353. The molecule has 1 fully saturated rings. The molecule has 0 aliphatic heterocycles. The number of aliphatic imine (C=N–C) groups is 1. The summed E-state index contributed by atoms with van der Waals surface area (Å²) in [6.07, 6.45) is 4.74. The van der Waals surface area contributed by atoms with Gasteiger partial charge in [-0.1, -0.05) is 18.1 Å². The molecular formula is C9H18N8. The highest BCUT2D eigenvalue weighted by atomic mass is 15.5. The van der Waals surface area contributed by atoms with E-state index in [1.54, 1.807) is 0 Å². The van der Waals surface area contributed by atoms with Gasteiger partial charge in [-0.3, -0.25) is 5.43 Å². The number of aromatic nitrogens is 4. The molecule has 1 heterocycles. The van der Waals surface area contributed by atoms with Crippen LogP contribution in [0.1, 0.15) is 44.5 Å². The molecule has 94 valence electrons. The van der Waals surface area contributed by atoms with E-state index in [1.807, 2.05) is 6.92 Å². The van der Waals surface area contributed by atoms with Gasteiger partial charge in [0.15, 0.2) is 5.82 Å². The fourth-order valence-electron chi connectivity index (χ4n) is 1.95. The van der Waals surface area contributed by atoms with Crippen LogP contribution in [0.25, 0.3) is 0 Å². The Labute approximate surface area is 99.4 Å². The molecule has 17 heavy (non-hydrogen) atoms. The largest absolute Gasteiger partial charge is 0.345 e. The lowest BCUT2D eigenvalue weighted by Crippen LogP contribution is -2.43. The number of nitrogens with zero attached hydrogens (tertiary/aromatic N) is 4. The predicted molar refractivity (Wildman–Crippen MR) is 62.7 cm³/mol. The van der Waals surface area contributed by atoms with E-state index in [1.165, 1.54) is 12.8 Å².